The summed E-state index contributed by atoms with van der Waals surface area (Å²) in [5.74, 6) is 6.73. The number of carbonyl (C=O) groups excluding carboxylic acids is 1. The van der Waals surface area contributed by atoms with E-state index < -0.39 is 10.1 Å². The van der Waals surface area contributed by atoms with Crippen molar-refractivity contribution >= 4 is 44.1 Å². The van der Waals surface area contributed by atoms with E-state index >= 15 is 0 Å². The fourth-order valence-corrected chi connectivity index (χ4v) is 5.21. The Morgan fingerprint density at radius 1 is 1.06 bits per heavy atom. The van der Waals surface area contributed by atoms with Crippen molar-refractivity contribution in [1.29, 1.82) is 0 Å². The SMILES string of the molecule is CCOC(=O)C[N+]1=C(C)N(N)c2cccc3cccc1c23.Cc1cc(C)c(S(=O)(=O)[O-])c(C)c1. The molecule has 1 heterocycles. The van der Waals surface area contributed by atoms with E-state index in [1.807, 2.05) is 54.8 Å². The molecule has 9 heteroatoms. The summed E-state index contributed by atoms with van der Waals surface area (Å²) in [6, 6.07) is 15.4. The van der Waals surface area contributed by atoms with Gasteiger partial charge in [0.1, 0.15) is 15.8 Å². The van der Waals surface area contributed by atoms with Gasteiger partial charge < -0.3 is 9.29 Å². The number of nitrogens with zero attached hydrogens (tertiary/aromatic N) is 2. The maximum atomic E-state index is 11.9. The molecule has 0 radical (unpaired) electrons. The average Bonchev–Trinajstić information content (AvgIpc) is 2.74. The molecule has 3 aromatic rings. The van der Waals surface area contributed by atoms with Gasteiger partial charge in [0.15, 0.2) is 12.2 Å². The molecule has 0 aliphatic carbocycles. The van der Waals surface area contributed by atoms with Crippen molar-refractivity contribution in [2.75, 3.05) is 18.2 Å². The van der Waals surface area contributed by atoms with E-state index in [1.54, 1.807) is 37.9 Å². The van der Waals surface area contributed by atoms with Crippen molar-refractivity contribution in [3.05, 3.63) is 65.2 Å². The summed E-state index contributed by atoms with van der Waals surface area (Å²) in [6.07, 6.45) is 0. The van der Waals surface area contributed by atoms with Crippen molar-refractivity contribution in [2.45, 2.75) is 39.5 Å². The maximum Gasteiger partial charge on any atom is 0.348 e. The Morgan fingerprint density at radius 2 is 1.65 bits per heavy atom. The molecular formula is C25H29N3O5S. The second-order valence-electron chi connectivity index (χ2n) is 8.14. The van der Waals surface area contributed by atoms with Gasteiger partial charge in [0, 0.05) is 6.92 Å². The molecule has 0 bridgehead atoms. The number of amidine groups is 1. The highest BCUT2D eigenvalue weighted by atomic mass is 32.2. The summed E-state index contributed by atoms with van der Waals surface area (Å²) in [4.78, 5) is 11.8. The van der Waals surface area contributed by atoms with Crippen LogP contribution in [0.4, 0.5) is 11.4 Å². The lowest BCUT2D eigenvalue weighted by molar-refractivity contribution is -0.432. The third kappa shape index (κ3) is 5.11. The lowest BCUT2D eigenvalue weighted by Crippen LogP contribution is -2.44. The number of nitrogens with two attached hydrogens (primary N) is 1. The molecule has 0 fully saturated rings. The standard InChI is InChI=1S/C16H18N3O2.C9H12O3S/c1-3-21-15(20)10-18-11(2)19(17)14-9-5-7-12-6-4-8-13(18)16(12)14;1-6-4-7(2)9(8(3)5-6)13(10,11)12/h4-9H,3,10,17H2,1-2H3;4-5H,1-3H3,(H,10,11,12)/q+1;/p-1. The molecule has 0 spiro atoms. The van der Waals surface area contributed by atoms with E-state index in [4.69, 9.17) is 10.6 Å². The lowest BCUT2D eigenvalue weighted by atomic mass is 10.0. The lowest BCUT2D eigenvalue weighted by Gasteiger charge is -2.23. The van der Waals surface area contributed by atoms with Gasteiger partial charge >= 0.3 is 5.97 Å². The molecule has 0 saturated heterocycles. The van der Waals surface area contributed by atoms with Crippen molar-refractivity contribution in [2.24, 2.45) is 5.84 Å². The number of hydrogen-bond donors (Lipinski definition) is 1. The number of benzene rings is 3. The van der Waals surface area contributed by atoms with Crippen LogP contribution in [0, 0.1) is 20.8 Å². The molecule has 0 unspecified atom stereocenters. The van der Waals surface area contributed by atoms with Gasteiger partial charge in [-0.2, -0.15) is 10.9 Å². The molecule has 3 aromatic carbocycles. The van der Waals surface area contributed by atoms with Gasteiger partial charge in [-0.1, -0.05) is 42.0 Å². The van der Waals surface area contributed by atoms with Gasteiger partial charge in [-0.15, -0.1) is 0 Å². The van der Waals surface area contributed by atoms with E-state index in [2.05, 4.69) is 0 Å². The first-order valence-corrected chi connectivity index (χ1v) is 12.2. The van der Waals surface area contributed by atoms with Crippen molar-refractivity contribution < 1.29 is 27.1 Å². The van der Waals surface area contributed by atoms with Crippen LogP contribution in [0.1, 0.15) is 30.5 Å². The number of anilines is 1. The Kier molecular flexibility index (Phi) is 7.40. The van der Waals surface area contributed by atoms with Crippen LogP contribution in [-0.4, -0.2) is 42.5 Å². The molecule has 8 nitrogen and oxygen atoms in total. The molecule has 1 aliphatic rings. The molecule has 4 rings (SSSR count). The number of esters is 1. The minimum absolute atomic E-state index is 0.0851. The number of rotatable bonds is 4. The normalized spacial score (nSPS) is 13.0. The van der Waals surface area contributed by atoms with Crippen LogP contribution in [-0.2, 0) is 19.6 Å². The Hall–Kier alpha value is -3.27. The van der Waals surface area contributed by atoms with Gasteiger partial charge in [0.2, 0.25) is 0 Å². The predicted octanol–water partition coefficient (Wildman–Crippen LogP) is 3.67. The van der Waals surface area contributed by atoms with E-state index in [9.17, 15) is 17.8 Å². The minimum atomic E-state index is -4.33. The summed E-state index contributed by atoms with van der Waals surface area (Å²) in [5.41, 5.74) is 3.93. The second-order valence-corrected chi connectivity index (χ2v) is 9.46. The maximum absolute atomic E-state index is 11.9. The fourth-order valence-electron chi connectivity index (χ4n) is 4.30. The summed E-state index contributed by atoms with van der Waals surface area (Å²) in [7, 11) is -4.33. The van der Waals surface area contributed by atoms with Crippen molar-refractivity contribution in [1.82, 2.24) is 0 Å². The number of ether oxygens (including phenoxy) is 1. The molecule has 0 amide bonds. The molecule has 0 aromatic heterocycles. The van der Waals surface area contributed by atoms with Gasteiger partial charge in [0.05, 0.1) is 16.9 Å². The summed E-state index contributed by atoms with van der Waals surface area (Å²) in [5, 5.41) is 3.77. The Morgan fingerprint density at radius 3 is 2.21 bits per heavy atom. The molecular weight excluding hydrogens is 454 g/mol. The van der Waals surface area contributed by atoms with Crippen LogP contribution in [0.25, 0.3) is 10.8 Å². The van der Waals surface area contributed by atoms with Gasteiger partial charge in [-0.05, 0) is 56.3 Å². The first-order valence-electron chi connectivity index (χ1n) is 10.8. The van der Waals surface area contributed by atoms with Crippen LogP contribution < -0.4 is 10.9 Å². The monoisotopic (exact) mass is 483 g/mol. The largest absolute Gasteiger partial charge is 0.744 e. The summed E-state index contributed by atoms with van der Waals surface area (Å²) in [6.45, 7) is 9.35. The van der Waals surface area contributed by atoms with Crippen LogP contribution in [0.5, 0.6) is 0 Å². The molecule has 0 saturated carbocycles. The number of carbonyl (C=O) groups is 1. The summed E-state index contributed by atoms with van der Waals surface area (Å²) >= 11 is 0. The van der Waals surface area contributed by atoms with E-state index in [0.717, 1.165) is 33.5 Å². The number of aryl methyl sites for hydroxylation is 3. The van der Waals surface area contributed by atoms with Crippen molar-refractivity contribution in [3.63, 3.8) is 0 Å². The molecule has 34 heavy (non-hydrogen) atoms. The van der Waals surface area contributed by atoms with Crippen LogP contribution in [0.2, 0.25) is 0 Å². The Bertz CT molecular complexity index is 1370. The first kappa shape index (κ1) is 25.4. The third-order valence-corrected chi connectivity index (χ3v) is 6.74. The van der Waals surface area contributed by atoms with Crippen LogP contribution in [0.3, 0.4) is 0 Å². The predicted molar refractivity (Wildman–Crippen MR) is 131 cm³/mol. The molecule has 0 atom stereocenters. The van der Waals surface area contributed by atoms with E-state index in [-0.39, 0.29) is 17.4 Å². The summed E-state index contributed by atoms with van der Waals surface area (Å²) < 4.78 is 39.4. The fraction of sp³-hybridized carbons (Fsp3) is 0.280. The smallest absolute Gasteiger partial charge is 0.348 e. The minimum Gasteiger partial charge on any atom is -0.744 e. The zero-order valence-corrected chi connectivity index (χ0v) is 20.8. The van der Waals surface area contributed by atoms with Gasteiger partial charge in [-0.25, -0.2) is 17.8 Å². The number of hydrazine groups is 1. The third-order valence-electron chi connectivity index (χ3n) is 5.60. The zero-order valence-electron chi connectivity index (χ0n) is 20.0. The quantitative estimate of drug-likeness (QED) is 0.260. The van der Waals surface area contributed by atoms with E-state index in [1.165, 1.54) is 0 Å². The molecule has 1 aliphatic heterocycles. The van der Waals surface area contributed by atoms with Crippen LogP contribution >= 0.6 is 0 Å². The average molecular weight is 484 g/mol. The zero-order chi connectivity index (χ0) is 25.2. The highest BCUT2D eigenvalue weighted by Crippen LogP contribution is 2.36. The van der Waals surface area contributed by atoms with Gasteiger partial charge in [-0.3, -0.25) is 0 Å². The van der Waals surface area contributed by atoms with Crippen LogP contribution in [0.15, 0.2) is 53.4 Å². The second kappa shape index (κ2) is 9.92. The highest BCUT2D eigenvalue weighted by Gasteiger charge is 2.31. The van der Waals surface area contributed by atoms with Gasteiger partial charge in [0.25, 0.3) is 5.84 Å². The van der Waals surface area contributed by atoms with E-state index in [0.29, 0.717) is 17.7 Å². The first-order chi connectivity index (χ1) is 16.0. The Balaban J connectivity index is 0.000000215. The van der Waals surface area contributed by atoms with Crippen molar-refractivity contribution in [3.8, 4) is 0 Å². The molecule has 2 N–H and O–H groups in total. The number of hydrogen-bond acceptors (Lipinski definition) is 7. The highest BCUT2D eigenvalue weighted by molar-refractivity contribution is 7.85. The Labute approximate surface area is 200 Å². The topological polar surface area (TPSA) is 116 Å². The molecule has 180 valence electrons.